The van der Waals surface area contributed by atoms with E-state index in [0.29, 0.717) is 5.60 Å². The lowest BCUT2D eigenvalue weighted by Gasteiger charge is -2.42. The van der Waals surface area contributed by atoms with Gasteiger partial charge in [-0.2, -0.15) is 0 Å². The minimum absolute atomic E-state index is 0.322. The third kappa shape index (κ3) is 1.95. The third-order valence-corrected chi connectivity index (χ3v) is 4.26. The highest BCUT2D eigenvalue weighted by Crippen LogP contribution is 2.40. The van der Waals surface area contributed by atoms with Crippen LogP contribution < -0.4 is 0 Å². The Morgan fingerprint density at radius 2 is 1.92 bits per heavy atom. The van der Waals surface area contributed by atoms with Crippen LogP contribution in [-0.2, 0) is 4.74 Å². The quantitative estimate of drug-likeness (QED) is 0.488. The fraction of sp³-hybridized carbons (Fsp3) is 1.00. The Labute approximate surface area is 88.4 Å². The molecule has 1 heterocycles. The van der Waals surface area contributed by atoms with Crippen molar-refractivity contribution < 1.29 is 4.74 Å². The topological polar surface area (TPSA) is 9.23 Å². The van der Waals surface area contributed by atoms with Crippen LogP contribution in [0.15, 0.2) is 0 Å². The molecule has 2 fully saturated rings. The van der Waals surface area contributed by atoms with E-state index in [1.807, 2.05) is 0 Å². The van der Waals surface area contributed by atoms with Crippen molar-refractivity contribution in [2.45, 2.75) is 54.5 Å². The summed E-state index contributed by atoms with van der Waals surface area (Å²) in [5.41, 5.74) is 0.322. The van der Waals surface area contributed by atoms with Gasteiger partial charge in [-0.05, 0) is 25.7 Å². The van der Waals surface area contributed by atoms with Gasteiger partial charge in [0.05, 0.1) is 5.60 Å². The van der Waals surface area contributed by atoms with Crippen LogP contribution in [0.2, 0.25) is 0 Å². The van der Waals surface area contributed by atoms with Gasteiger partial charge in [0, 0.05) is 10.5 Å². The van der Waals surface area contributed by atoms with Crippen molar-refractivity contribution in [1.82, 2.24) is 0 Å². The van der Waals surface area contributed by atoms with Gasteiger partial charge in [-0.1, -0.05) is 41.9 Å². The van der Waals surface area contributed by atoms with Crippen LogP contribution in [0, 0.1) is 0 Å². The summed E-state index contributed by atoms with van der Waals surface area (Å²) in [6, 6.07) is 0. The predicted octanol–water partition coefficient (Wildman–Crippen LogP) is 3.30. The molecule has 0 radical (unpaired) electrons. The molecule has 1 saturated heterocycles. The van der Waals surface area contributed by atoms with E-state index in [-0.39, 0.29) is 0 Å². The summed E-state index contributed by atoms with van der Waals surface area (Å²) in [6.07, 6.45) is 9.44. The van der Waals surface area contributed by atoms with Crippen LogP contribution in [0.5, 0.6) is 0 Å². The van der Waals surface area contributed by atoms with E-state index in [1.165, 1.54) is 44.9 Å². The molecule has 1 unspecified atom stereocenters. The summed E-state index contributed by atoms with van der Waals surface area (Å²) in [5, 5.41) is 0. The first-order valence-electron chi connectivity index (χ1n) is 5.09. The van der Waals surface area contributed by atoms with E-state index in [0.717, 1.165) is 10.5 Å². The number of hydrogen-bond acceptors (Lipinski definition) is 1. The van der Waals surface area contributed by atoms with Gasteiger partial charge in [0.1, 0.15) is 0 Å². The molecule has 1 atom stereocenters. The van der Waals surface area contributed by atoms with E-state index in [9.17, 15) is 0 Å². The highest BCUT2D eigenvalue weighted by molar-refractivity contribution is 14.1. The summed E-state index contributed by atoms with van der Waals surface area (Å²) in [6.45, 7) is 1.01. The second-order valence-corrected chi connectivity index (χ2v) is 5.94. The maximum Gasteiger partial charge on any atom is 0.0692 e. The number of hydrogen-bond donors (Lipinski definition) is 0. The van der Waals surface area contributed by atoms with E-state index in [1.54, 1.807) is 0 Å². The molecule has 0 aromatic rings. The van der Waals surface area contributed by atoms with Crippen LogP contribution >= 0.6 is 22.6 Å². The Morgan fingerprint density at radius 1 is 1.17 bits per heavy atom. The van der Waals surface area contributed by atoms with E-state index < -0.39 is 0 Å². The van der Waals surface area contributed by atoms with Crippen molar-refractivity contribution in [2.24, 2.45) is 0 Å². The molecule has 2 aliphatic rings. The Balaban J connectivity index is 1.97. The van der Waals surface area contributed by atoms with E-state index >= 15 is 0 Å². The number of ether oxygens (including phenoxy) is 1. The second-order valence-electron chi connectivity index (χ2n) is 4.18. The molecular weight excluding hydrogens is 263 g/mol. The number of halogens is 1. The van der Waals surface area contributed by atoms with Gasteiger partial charge in [-0.15, -0.1) is 0 Å². The average molecular weight is 280 g/mol. The van der Waals surface area contributed by atoms with Crippen LogP contribution in [-0.4, -0.2) is 16.1 Å². The molecule has 12 heavy (non-hydrogen) atoms. The number of alkyl halides is 1. The first-order valence-corrected chi connectivity index (χ1v) is 6.33. The monoisotopic (exact) mass is 280 g/mol. The van der Waals surface area contributed by atoms with Gasteiger partial charge < -0.3 is 4.74 Å². The Bertz CT molecular complexity index is 146. The SMILES string of the molecule is IC1CCOC2(CCCCC2)C1. The molecule has 1 saturated carbocycles. The maximum absolute atomic E-state index is 5.97. The van der Waals surface area contributed by atoms with E-state index in [2.05, 4.69) is 22.6 Å². The second kappa shape index (κ2) is 3.82. The minimum Gasteiger partial charge on any atom is -0.375 e. The first kappa shape index (κ1) is 9.25. The molecule has 1 nitrogen and oxygen atoms in total. The predicted molar refractivity (Wildman–Crippen MR) is 58.8 cm³/mol. The zero-order chi connectivity index (χ0) is 8.44. The van der Waals surface area contributed by atoms with Crippen molar-refractivity contribution in [1.29, 1.82) is 0 Å². The van der Waals surface area contributed by atoms with Crippen molar-refractivity contribution in [3.8, 4) is 0 Å². The Kier molecular flexibility index (Phi) is 2.95. The molecule has 0 aromatic carbocycles. The van der Waals surface area contributed by atoms with Gasteiger partial charge in [0.2, 0.25) is 0 Å². The first-order chi connectivity index (χ1) is 5.81. The highest BCUT2D eigenvalue weighted by atomic mass is 127. The van der Waals surface area contributed by atoms with Crippen LogP contribution in [0.3, 0.4) is 0 Å². The van der Waals surface area contributed by atoms with E-state index in [4.69, 9.17) is 4.74 Å². The molecule has 0 N–H and O–H groups in total. The van der Waals surface area contributed by atoms with Gasteiger partial charge in [0.25, 0.3) is 0 Å². The van der Waals surface area contributed by atoms with Crippen LogP contribution in [0.25, 0.3) is 0 Å². The summed E-state index contributed by atoms with van der Waals surface area (Å²) in [4.78, 5) is 0. The van der Waals surface area contributed by atoms with Crippen LogP contribution in [0.4, 0.5) is 0 Å². The minimum atomic E-state index is 0.322. The lowest BCUT2D eigenvalue weighted by atomic mass is 9.80. The molecule has 0 aromatic heterocycles. The molecular formula is C10H17IO. The summed E-state index contributed by atoms with van der Waals surface area (Å²) in [7, 11) is 0. The zero-order valence-electron chi connectivity index (χ0n) is 7.52. The van der Waals surface area contributed by atoms with Crippen LogP contribution in [0.1, 0.15) is 44.9 Å². The van der Waals surface area contributed by atoms with Gasteiger partial charge in [-0.3, -0.25) is 0 Å². The lowest BCUT2D eigenvalue weighted by molar-refractivity contribution is -0.0955. The van der Waals surface area contributed by atoms with Gasteiger partial charge in [0.15, 0.2) is 0 Å². The molecule has 1 aliphatic carbocycles. The fourth-order valence-electron chi connectivity index (χ4n) is 2.51. The summed E-state index contributed by atoms with van der Waals surface area (Å²) >= 11 is 2.59. The molecule has 70 valence electrons. The standard InChI is InChI=1S/C10H17IO/c11-9-4-7-12-10(8-9)5-2-1-3-6-10/h9H,1-8H2. The molecule has 1 spiro atoms. The Morgan fingerprint density at radius 3 is 2.58 bits per heavy atom. The number of rotatable bonds is 0. The van der Waals surface area contributed by atoms with Crippen molar-refractivity contribution in [3.63, 3.8) is 0 Å². The average Bonchev–Trinajstić information content (AvgIpc) is 2.05. The van der Waals surface area contributed by atoms with Crippen molar-refractivity contribution >= 4 is 22.6 Å². The molecule has 1 aliphatic heterocycles. The molecule has 2 heteroatoms. The lowest BCUT2D eigenvalue weighted by Crippen LogP contribution is -2.41. The summed E-state index contributed by atoms with van der Waals surface area (Å²) < 4.78 is 6.84. The largest absolute Gasteiger partial charge is 0.375 e. The molecule has 0 bridgehead atoms. The van der Waals surface area contributed by atoms with Gasteiger partial charge in [-0.25, -0.2) is 0 Å². The Hall–Kier alpha value is 0.690. The molecule has 2 rings (SSSR count). The normalized spacial score (nSPS) is 35.2. The molecule has 0 amide bonds. The third-order valence-electron chi connectivity index (χ3n) is 3.20. The van der Waals surface area contributed by atoms with Crippen molar-refractivity contribution in [3.05, 3.63) is 0 Å². The zero-order valence-corrected chi connectivity index (χ0v) is 9.68. The maximum atomic E-state index is 5.97. The van der Waals surface area contributed by atoms with Gasteiger partial charge >= 0.3 is 0 Å². The van der Waals surface area contributed by atoms with Crippen molar-refractivity contribution in [2.75, 3.05) is 6.61 Å². The highest BCUT2D eigenvalue weighted by Gasteiger charge is 2.37. The smallest absolute Gasteiger partial charge is 0.0692 e. The summed E-state index contributed by atoms with van der Waals surface area (Å²) in [5.74, 6) is 0. The fourth-order valence-corrected chi connectivity index (χ4v) is 3.57.